The van der Waals surface area contributed by atoms with Gasteiger partial charge in [-0.05, 0) is 36.4 Å². The average molecular weight is 374 g/mol. The van der Waals surface area contributed by atoms with Crippen molar-refractivity contribution in [3.63, 3.8) is 0 Å². The predicted octanol–water partition coefficient (Wildman–Crippen LogP) is 3.76. The fourth-order valence-electron chi connectivity index (χ4n) is 1.97. The molecule has 1 aromatic heterocycles. The van der Waals surface area contributed by atoms with Crippen LogP contribution < -0.4 is 10.1 Å². The summed E-state index contributed by atoms with van der Waals surface area (Å²) in [6, 6.07) is 14.2. The summed E-state index contributed by atoms with van der Waals surface area (Å²) in [6.07, 6.45) is 0. The molecule has 1 heterocycles. The molecule has 1 amide bonds. The minimum absolute atomic E-state index is 0.0267. The molecule has 0 aliphatic rings. The van der Waals surface area contributed by atoms with Gasteiger partial charge in [-0.1, -0.05) is 33.2 Å². The molecule has 0 atom stereocenters. The van der Waals surface area contributed by atoms with Crippen LogP contribution in [0, 0.1) is 0 Å². The van der Waals surface area contributed by atoms with Crippen LogP contribution in [0.25, 0.3) is 11.5 Å². The number of nitrogens with one attached hydrogen (secondary N) is 1. The van der Waals surface area contributed by atoms with Crippen LogP contribution >= 0.6 is 15.9 Å². The van der Waals surface area contributed by atoms with Crippen molar-refractivity contribution in [3.05, 3.63) is 58.6 Å². The van der Waals surface area contributed by atoms with Gasteiger partial charge in [0.25, 0.3) is 11.8 Å². The molecule has 0 fully saturated rings. The van der Waals surface area contributed by atoms with Crippen LogP contribution in [0.15, 0.2) is 57.4 Å². The molecular formula is C16H12BrN3O3. The first-order valence-electron chi connectivity index (χ1n) is 6.71. The fourth-order valence-corrected chi connectivity index (χ4v) is 2.24. The number of carbonyl (C=O) groups is 1. The Morgan fingerprint density at radius 3 is 2.61 bits per heavy atom. The van der Waals surface area contributed by atoms with Gasteiger partial charge >= 0.3 is 6.01 Å². The third kappa shape index (κ3) is 3.40. The van der Waals surface area contributed by atoms with E-state index in [9.17, 15) is 4.79 Å². The van der Waals surface area contributed by atoms with E-state index in [1.54, 1.807) is 43.5 Å². The molecule has 0 saturated heterocycles. The van der Waals surface area contributed by atoms with Gasteiger partial charge in [0.05, 0.1) is 12.7 Å². The molecule has 0 aliphatic carbocycles. The molecule has 1 N–H and O–H groups in total. The standard InChI is InChI=1S/C16H12BrN3O3/c1-22-13-5-3-2-4-12(13)15-19-20-16(23-15)18-14(21)10-6-8-11(17)9-7-10/h2-9H,1H3,(H,18,20,21). The predicted molar refractivity (Wildman–Crippen MR) is 88.4 cm³/mol. The van der Waals surface area contributed by atoms with Crippen molar-refractivity contribution in [1.82, 2.24) is 10.2 Å². The van der Waals surface area contributed by atoms with Crippen molar-refractivity contribution in [1.29, 1.82) is 0 Å². The lowest BCUT2D eigenvalue weighted by atomic mass is 10.2. The Bertz CT molecular complexity index is 831. The van der Waals surface area contributed by atoms with Gasteiger partial charge in [-0.2, -0.15) is 0 Å². The highest BCUT2D eigenvalue weighted by Crippen LogP contribution is 2.29. The number of aromatic nitrogens is 2. The Morgan fingerprint density at radius 1 is 1.13 bits per heavy atom. The zero-order valence-electron chi connectivity index (χ0n) is 12.1. The normalized spacial score (nSPS) is 10.3. The SMILES string of the molecule is COc1ccccc1-c1nnc(NC(=O)c2ccc(Br)cc2)o1. The number of nitrogens with zero attached hydrogens (tertiary/aromatic N) is 2. The lowest BCUT2D eigenvalue weighted by molar-refractivity contribution is 0.102. The van der Waals surface area contributed by atoms with Gasteiger partial charge < -0.3 is 9.15 Å². The molecule has 0 unspecified atom stereocenters. The Balaban J connectivity index is 1.79. The minimum atomic E-state index is -0.326. The van der Waals surface area contributed by atoms with Crippen LogP contribution in [0.2, 0.25) is 0 Å². The van der Waals surface area contributed by atoms with Crippen molar-refractivity contribution in [2.45, 2.75) is 0 Å². The second kappa shape index (κ2) is 6.62. The number of halogens is 1. The quantitative estimate of drug-likeness (QED) is 0.753. The van der Waals surface area contributed by atoms with Crippen LogP contribution in [-0.4, -0.2) is 23.2 Å². The number of hydrogen-bond donors (Lipinski definition) is 1. The van der Waals surface area contributed by atoms with Gasteiger partial charge in [-0.15, -0.1) is 5.10 Å². The summed E-state index contributed by atoms with van der Waals surface area (Å²) in [6.45, 7) is 0. The summed E-state index contributed by atoms with van der Waals surface area (Å²) in [7, 11) is 1.56. The highest BCUT2D eigenvalue weighted by Gasteiger charge is 2.15. The maximum absolute atomic E-state index is 12.1. The third-order valence-corrected chi connectivity index (χ3v) is 3.62. The Kier molecular flexibility index (Phi) is 4.38. The second-order valence-corrected chi connectivity index (χ2v) is 5.49. The molecule has 2 aromatic carbocycles. The summed E-state index contributed by atoms with van der Waals surface area (Å²) in [5.41, 5.74) is 1.15. The Hall–Kier alpha value is -2.67. The number of benzene rings is 2. The van der Waals surface area contributed by atoms with Crippen molar-refractivity contribution in [3.8, 4) is 17.2 Å². The van der Waals surface area contributed by atoms with Crippen LogP contribution in [0.4, 0.5) is 6.01 Å². The monoisotopic (exact) mass is 373 g/mol. The maximum atomic E-state index is 12.1. The number of methoxy groups -OCH3 is 1. The Morgan fingerprint density at radius 2 is 1.87 bits per heavy atom. The molecule has 7 heteroatoms. The summed E-state index contributed by atoms with van der Waals surface area (Å²) in [5.74, 6) is 0.559. The maximum Gasteiger partial charge on any atom is 0.322 e. The van der Waals surface area contributed by atoms with E-state index in [0.717, 1.165) is 4.47 Å². The topological polar surface area (TPSA) is 77.3 Å². The molecule has 3 rings (SSSR count). The summed E-state index contributed by atoms with van der Waals surface area (Å²) < 4.78 is 11.6. The lowest BCUT2D eigenvalue weighted by Crippen LogP contribution is -2.11. The first kappa shape index (κ1) is 15.2. The van der Waals surface area contributed by atoms with E-state index in [-0.39, 0.29) is 17.8 Å². The second-order valence-electron chi connectivity index (χ2n) is 4.57. The number of anilines is 1. The molecular weight excluding hydrogens is 362 g/mol. The minimum Gasteiger partial charge on any atom is -0.496 e. The Labute approximate surface area is 140 Å². The van der Waals surface area contributed by atoms with Gasteiger partial charge in [-0.25, -0.2) is 0 Å². The lowest BCUT2D eigenvalue weighted by Gasteiger charge is -2.03. The zero-order chi connectivity index (χ0) is 16.2. The molecule has 0 spiro atoms. The smallest absolute Gasteiger partial charge is 0.322 e. The van der Waals surface area contributed by atoms with E-state index < -0.39 is 0 Å². The number of amides is 1. The van der Waals surface area contributed by atoms with Crippen molar-refractivity contribution < 1.29 is 13.9 Å². The van der Waals surface area contributed by atoms with Gasteiger partial charge in [0.2, 0.25) is 0 Å². The highest BCUT2D eigenvalue weighted by molar-refractivity contribution is 9.10. The molecule has 116 valence electrons. The van der Waals surface area contributed by atoms with E-state index in [2.05, 4.69) is 31.4 Å². The van der Waals surface area contributed by atoms with Gasteiger partial charge in [-0.3, -0.25) is 10.1 Å². The van der Waals surface area contributed by atoms with E-state index in [1.807, 2.05) is 12.1 Å². The number of rotatable bonds is 4. The van der Waals surface area contributed by atoms with Crippen LogP contribution in [-0.2, 0) is 0 Å². The van der Waals surface area contributed by atoms with Crippen molar-refractivity contribution in [2.75, 3.05) is 12.4 Å². The third-order valence-electron chi connectivity index (χ3n) is 3.09. The van der Waals surface area contributed by atoms with E-state index in [0.29, 0.717) is 16.9 Å². The van der Waals surface area contributed by atoms with Crippen LogP contribution in [0.3, 0.4) is 0 Å². The first-order valence-corrected chi connectivity index (χ1v) is 7.50. The zero-order valence-corrected chi connectivity index (χ0v) is 13.7. The molecule has 0 saturated carbocycles. The summed E-state index contributed by atoms with van der Waals surface area (Å²) >= 11 is 3.32. The van der Waals surface area contributed by atoms with E-state index in [1.165, 1.54) is 0 Å². The van der Waals surface area contributed by atoms with Gasteiger partial charge in [0.15, 0.2) is 0 Å². The molecule has 0 radical (unpaired) electrons. The fraction of sp³-hybridized carbons (Fsp3) is 0.0625. The molecule has 3 aromatic rings. The highest BCUT2D eigenvalue weighted by atomic mass is 79.9. The van der Waals surface area contributed by atoms with Gasteiger partial charge in [0.1, 0.15) is 5.75 Å². The number of carbonyl (C=O) groups excluding carboxylic acids is 1. The summed E-state index contributed by atoms with van der Waals surface area (Å²) in [4.78, 5) is 12.1. The largest absolute Gasteiger partial charge is 0.496 e. The molecule has 0 aliphatic heterocycles. The number of ether oxygens (including phenoxy) is 1. The van der Waals surface area contributed by atoms with Gasteiger partial charge in [0, 0.05) is 10.0 Å². The molecule has 23 heavy (non-hydrogen) atoms. The van der Waals surface area contributed by atoms with Crippen LogP contribution in [0.5, 0.6) is 5.75 Å². The molecule has 0 bridgehead atoms. The number of para-hydroxylation sites is 1. The number of hydrogen-bond acceptors (Lipinski definition) is 5. The van der Waals surface area contributed by atoms with Crippen molar-refractivity contribution >= 4 is 27.9 Å². The molecule has 6 nitrogen and oxygen atoms in total. The van der Waals surface area contributed by atoms with Crippen LogP contribution in [0.1, 0.15) is 10.4 Å². The average Bonchev–Trinajstić information content (AvgIpc) is 3.03. The summed E-state index contributed by atoms with van der Waals surface area (Å²) in [5, 5.41) is 10.3. The van der Waals surface area contributed by atoms with Crippen molar-refractivity contribution in [2.24, 2.45) is 0 Å². The van der Waals surface area contributed by atoms with E-state index in [4.69, 9.17) is 9.15 Å². The first-order chi connectivity index (χ1) is 11.2. The van der Waals surface area contributed by atoms with E-state index >= 15 is 0 Å².